The fourth-order valence-electron chi connectivity index (χ4n) is 1.64. The second-order valence-electron chi connectivity index (χ2n) is 3.30. The van der Waals surface area contributed by atoms with Crippen molar-refractivity contribution < 1.29 is 0 Å². The molecule has 64 valence electrons. The van der Waals surface area contributed by atoms with Crippen LogP contribution in [-0.4, -0.2) is 5.54 Å². The first-order valence-corrected chi connectivity index (χ1v) is 3.99. The van der Waals surface area contributed by atoms with E-state index in [-0.39, 0.29) is 17.9 Å². The van der Waals surface area contributed by atoms with Gasteiger partial charge >= 0.3 is 0 Å². The summed E-state index contributed by atoms with van der Waals surface area (Å²) in [5.74, 6) is 2.65. The van der Waals surface area contributed by atoms with Crippen LogP contribution in [0.15, 0.2) is 0 Å². The third-order valence-corrected chi connectivity index (χ3v) is 2.30. The fraction of sp³-hybridized carbons (Fsp3) is 0.778. The summed E-state index contributed by atoms with van der Waals surface area (Å²) in [6.07, 6.45) is 12.1. The lowest BCUT2D eigenvalue weighted by atomic mass is 9.80. The number of hydrogen-bond donors (Lipinski definition) is 1. The summed E-state index contributed by atoms with van der Waals surface area (Å²) in [6, 6.07) is 0. The normalized spacial score (nSPS) is 21.5. The Morgan fingerprint density at radius 1 is 1.27 bits per heavy atom. The zero-order chi connectivity index (χ0) is 7.45. The molecule has 0 saturated heterocycles. The highest BCUT2D eigenvalue weighted by Gasteiger charge is 2.25. The molecule has 0 unspecified atom stereocenters. The van der Waals surface area contributed by atoms with Crippen LogP contribution < -0.4 is 5.73 Å². The Morgan fingerprint density at radius 3 is 2.27 bits per heavy atom. The van der Waals surface area contributed by atoms with E-state index in [0.717, 1.165) is 19.3 Å². The molecule has 0 spiro atoms. The minimum absolute atomic E-state index is 0. The second-order valence-corrected chi connectivity index (χ2v) is 3.30. The molecule has 0 amide bonds. The average molecular weight is 174 g/mol. The minimum Gasteiger partial charge on any atom is -0.324 e. The van der Waals surface area contributed by atoms with Crippen molar-refractivity contribution in [1.82, 2.24) is 0 Å². The SMILES string of the molecule is C#CCC1(N)CCCCC1.Cl. The molecule has 2 heteroatoms. The molecule has 0 aliphatic heterocycles. The first kappa shape index (κ1) is 10.8. The lowest BCUT2D eigenvalue weighted by Gasteiger charge is -2.31. The number of rotatable bonds is 1. The van der Waals surface area contributed by atoms with Gasteiger partial charge in [0, 0.05) is 12.0 Å². The summed E-state index contributed by atoms with van der Waals surface area (Å²) in [6.45, 7) is 0. The van der Waals surface area contributed by atoms with Gasteiger partial charge in [0.15, 0.2) is 0 Å². The van der Waals surface area contributed by atoms with E-state index in [9.17, 15) is 0 Å². The van der Waals surface area contributed by atoms with Gasteiger partial charge in [0.2, 0.25) is 0 Å². The van der Waals surface area contributed by atoms with Crippen molar-refractivity contribution in [3.63, 3.8) is 0 Å². The van der Waals surface area contributed by atoms with Crippen LogP contribution in [0.3, 0.4) is 0 Å². The monoisotopic (exact) mass is 173 g/mol. The van der Waals surface area contributed by atoms with Crippen molar-refractivity contribution in [2.45, 2.75) is 44.1 Å². The van der Waals surface area contributed by atoms with E-state index in [1.54, 1.807) is 0 Å². The molecule has 0 atom stereocenters. The topological polar surface area (TPSA) is 26.0 Å². The van der Waals surface area contributed by atoms with Gasteiger partial charge in [-0.05, 0) is 12.8 Å². The van der Waals surface area contributed by atoms with Crippen molar-refractivity contribution in [3.05, 3.63) is 0 Å². The van der Waals surface area contributed by atoms with Crippen LogP contribution in [0.5, 0.6) is 0 Å². The molecule has 1 aliphatic rings. The van der Waals surface area contributed by atoms with Gasteiger partial charge in [-0.25, -0.2) is 0 Å². The number of halogens is 1. The fourth-order valence-corrected chi connectivity index (χ4v) is 1.64. The Balaban J connectivity index is 0.000001000. The average Bonchev–Trinajstić information content (AvgIpc) is 1.89. The van der Waals surface area contributed by atoms with Gasteiger partial charge in [-0.15, -0.1) is 24.8 Å². The molecule has 0 aromatic carbocycles. The smallest absolute Gasteiger partial charge is 0.0267 e. The molecular formula is C9H16ClN. The summed E-state index contributed by atoms with van der Waals surface area (Å²) in [4.78, 5) is 0. The molecule has 2 N–H and O–H groups in total. The molecule has 1 fully saturated rings. The molecule has 0 radical (unpaired) electrons. The Bertz CT molecular complexity index is 142. The van der Waals surface area contributed by atoms with Crippen LogP contribution in [0.4, 0.5) is 0 Å². The quantitative estimate of drug-likeness (QED) is 0.604. The highest BCUT2D eigenvalue weighted by atomic mass is 35.5. The Labute approximate surface area is 75.1 Å². The molecule has 0 aromatic rings. The summed E-state index contributed by atoms with van der Waals surface area (Å²) >= 11 is 0. The summed E-state index contributed by atoms with van der Waals surface area (Å²) in [5.41, 5.74) is 6.02. The lowest BCUT2D eigenvalue weighted by Crippen LogP contribution is -2.41. The van der Waals surface area contributed by atoms with E-state index in [1.807, 2.05) is 0 Å². The summed E-state index contributed by atoms with van der Waals surface area (Å²) < 4.78 is 0. The van der Waals surface area contributed by atoms with Crippen LogP contribution in [0.1, 0.15) is 38.5 Å². The largest absolute Gasteiger partial charge is 0.324 e. The Hall–Kier alpha value is -0.190. The molecular weight excluding hydrogens is 158 g/mol. The van der Waals surface area contributed by atoms with E-state index in [0.29, 0.717) is 0 Å². The Kier molecular flexibility index (Phi) is 4.56. The van der Waals surface area contributed by atoms with Crippen molar-refractivity contribution in [2.24, 2.45) is 5.73 Å². The van der Waals surface area contributed by atoms with Gasteiger partial charge in [0.25, 0.3) is 0 Å². The molecule has 1 rings (SSSR count). The van der Waals surface area contributed by atoms with Gasteiger partial charge in [-0.2, -0.15) is 0 Å². The third kappa shape index (κ3) is 3.14. The van der Waals surface area contributed by atoms with Gasteiger partial charge in [-0.1, -0.05) is 19.3 Å². The molecule has 11 heavy (non-hydrogen) atoms. The van der Waals surface area contributed by atoms with Crippen molar-refractivity contribution in [3.8, 4) is 12.3 Å². The van der Waals surface area contributed by atoms with Crippen molar-refractivity contribution in [1.29, 1.82) is 0 Å². The number of hydrogen-bond acceptors (Lipinski definition) is 1. The minimum atomic E-state index is -0.00694. The van der Waals surface area contributed by atoms with Crippen LogP contribution in [-0.2, 0) is 0 Å². The van der Waals surface area contributed by atoms with Crippen LogP contribution in [0, 0.1) is 12.3 Å². The van der Waals surface area contributed by atoms with Crippen LogP contribution in [0.2, 0.25) is 0 Å². The number of nitrogens with two attached hydrogens (primary N) is 1. The lowest BCUT2D eigenvalue weighted by molar-refractivity contribution is 0.302. The summed E-state index contributed by atoms with van der Waals surface area (Å²) in [5, 5.41) is 0. The van der Waals surface area contributed by atoms with E-state index in [1.165, 1.54) is 19.3 Å². The maximum Gasteiger partial charge on any atom is 0.0267 e. The number of terminal acetylenes is 1. The Morgan fingerprint density at radius 2 is 1.82 bits per heavy atom. The molecule has 1 aliphatic carbocycles. The van der Waals surface area contributed by atoms with E-state index in [4.69, 9.17) is 12.2 Å². The second kappa shape index (κ2) is 4.64. The molecule has 0 heterocycles. The zero-order valence-corrected chi connectivity index (χ0v) is 7.62. The molecule has 1 nitrogen and oxygen atoms in total. The van der Waals surface area contributed by atoms with Crippen LogP contribution >= 0.6 is 12.4 Å². The van der Waals surface area contributed by atoms with Gasteiger partial charge in [0.1, 0.15) is 0 Å². The van der Waals surface area contributed by atoms with Gasteiger partial charge < -0.3 is 5.73 Å². The molecule has 0 bridgehead atoms. The van der Waals surface area contributed by atoms with E-state index < -0.39 is 0 Å². The van der Waals surface area contributed by atoms with E-state index in [2.05, 4.69) is 5.92 Å². The first-order chi connectivity index (χ1) is 4.77. The van der Waals surface area contributed by atoms with Crippen LogP contribution in [0.25, 0.3) is 0 Å². The standard InChI is InChI=1S/C9H15N.ClH/c1-2-6-9(10)7-4-3-5-8-9;/h1H,3-8,10H2;1H. The predicted octanol–water partition coefficient (Wildman–Crippen LogP) is 2.09. The van der Waals surface area contributed by atoms with E-state index >= 15 is 0 Å². The highest BCUT2D eigenvalue weighted by Crippen LogP contribution is 2.27. The van der Waals surface area contributed by atoms with Gasteiger partial charge in [-0.3, -0.25) is 0 Å². The van der Waals surface area contributed by atoms with Gasteiger partial charge in [0.05, 0.1) is 0 Å². The van der Waals surface area contributed by atoms with Crippen molar-refractivity contribution in [2.75, 3.05) is 0 Å². The third-order valence-electron chi connectivity index (χ3n) is 2.30. The molecule has 1 saturated carbocycles. The first-order valence-electron chi connectivity index (χ1n) is 3.99. The maximum absolute atomic E-state index is 6.03. The highest BCUT2D eigenvalue weighted by molar-refractivity contribution is 5.85. The van der Waals surface area contributed by atoms with Crippen molar-refractivity contribution >= 4 is 12.4 Å². The maximum atomic E-state index is 6.03. The zero-order valence-electron chi connectivity index (χ0n) is 6.81. The molecule has 0 aromatic heterocycles. The predicted molar refractivity (Wildman–Crippen MR) is 50.7 cm³/mol. The summed E-state index contributed by atoms with van der Waals surface area (Å²) in [7, 11) is 0.